The van der Waals surface area contributed by atoms with Gasteiger partial charge in [0.25, 0.3) is 0 Å². The van der Waals surface area contributed by atoms with Crippen molar-refractivity contribution in [2.75, 3.05) is 31.1 Å². The number of aliphatic hydroxyl groups is 1. The predicted octanol–water partition coefficient (Wildman–Crippen LogP) is 2.83. The van der Waals surface area contributed by atoms with Gasteiger partial charge in [0.05, 0.1) is 6.61 Å². The van der Waals surface area contributed by atoms with Crippen molar-refractivity contribution >= 4 is 5.69 Å². The molecule has 2 N–H and O–H groups in total. The first-order chi connectivity index (χ1) is 10.1. The van der Waals surface area contributed by atoms with Crippen molar-refractivity contribution in [3.63, 3.8) is 0 Å². The fourth-order valence-electron chi connectivity index (χ4n) is 3.43. The van der Waals surface area contributed by atoms with Gasteiger partial charge in [-0.2, -0.15) is 0 Å². The zero-order valence-corrected chi connectivity index (χ0v) is 13.7. The Bertz CT molecular complexity index is 449. The van der Waals surface area contributed by atoms with Crippen LogP contribution in [0.25, 0.3) is 0 Å². The maximum atomic E-state index is 9.58. The largest absolute Gasteiger partial charge is 0.394 e. The lowest BCUT2D eigenvalue weighted by molar-refractivity contribution is 0.166. The Morgan fingerprint density at radius 1 is 1.38 bits per heavy atom. The molecule has 0 saturated carbocycles. The molecule has 118 valence electrons. The maximum Gasteiger partial charge on any atom is 0.0610 e. The summed E-state index contributed by atoms with van der Waals surface area (Å²) in [6.07, 6.45) is 3.30. The van der Waals surface area contributed by atoms with Crippen LogP contribution >= 0.6 is 0 Å². The number of likely N-dealkylation sites (N-methyl/N-ethyl adjacent to an activating group) is 1. The van der Waals surface area contributed by atoms with Gasteiger partial charge in [-0.3, -0.25) is 0 Å². The van der Waals surface area contributed by atoms with Crippen molar-refractivity contribution in [3.05, 3.63) is 29.8 Å². The zero-order chi connectivity index (χ0) is 15.3. The van der Waals surface area contributed by atoms with E-state index in [9.17, 15) is 5.11 Å². The minimum absolute atomic E-state index is 0.143. The lowest BCUT2D eigenvalue weighted by Gasteiger charge is -2.36. The molecule has 2 atom stereocenters. The summed E-state index contributed by atoms with van der Waals surface area (Å²) in [5, 5.41) is 13.0. The van der Waals surface area contributed by atoms with Gasteiger partial charge in [0.15, 0.2) is 0 Å². The first-order valence-electron chi connectivity index (χ1n) is 8.26. The molecule has 0 spiro atoms. The standard InChI is InChI=1S/C18H30N2O/c1-4-19-18(3,14-21)10-7-11-20-13-15(2)12-16-8-5-6-9-17(16)20/h5-6,8-9,15,19,21H,4,7,10-14H2,1-3H3. The molecule has 0 aromatic heterocycles. The number of anilines is 1. The van der Waals surface area contributed by atoms with E-state index in [4.69, 9.17) is 0 Å². The highest BCUT2D eigenvalue weighted by Crippen LogP contribution is 2.29. The molecule has 0 bridgehead atoms. The van der Waals surface area contributed by atoms with E-state index in [0.29, 0.717) is 0 Å². The van der Waals surface area contributed by atoms with Gasteiger partial charge < -0.3 is 15.3 Å². The minimum atomic E-state index is -0.143. The maximum absolute atomic E-state index is 9.58. The van der Waals surface area contributed by atoms with Crippen molar-refractivity contribution in [3.8, 4) is 0 Å². The number of hydrogen-bond donors (Lipinski definition) is 2. The summed E-state index contributed by atoms with van der Waals surface area (Å²) in [5.41, 5.74) is 2.74. The number of benzene rings is 1. The van der Waals surface area contributed by atoms with Gasteiger partial charge in [-0.1, -0.05) is 32.0 Å². The topological polar surface area (TPSA) is 35.5 Å². The Morgan fingerprint density at radius 2 is 2.14 bits per heavy atom. The van der Waals surface area contributed by atoms with E-state index in [1.807, 2.05) is 0 Å². The van der Waals surface area contributed by atoms with E-state index in [1.165, 1.54) is 17.7 Å². The second-order valence-corrected chi connectivity index (χ2v) is 6.74. The Morgan fingerprint density at radius 3 is 2.86 bits per heavy atom. The fraction of sp³-hybridized carbons (Fsp3) is 0.667. The summed E-state index contributed by atoms with van der Waals surface area (Å²) in [6, 6.07) is 8.78. The number of rotatable bonds is 7. The molecule has 0 amide bonds. The van der Waals surface area contributed by atoms with Crippen LogP contribution < -0.4 is 10.2 Å². The first-order valence-corrected chi connectivity index (χ1v) is 8.26. The van der Waals surface area contributed by atoms with E-state index >= 15 is 0 Å². The average Bonchev–Trinajstić information content (AvgIpc) is 2.47. The number of para-hydroxylation sites is 1. The highest BCUT2D eigenvalue weighted by Gasteiger charge is 2.24. The van der Waals surface area contributed by atoms with Crippen molar-refractivity contribution in [1.29, 1.82) is 0 Å². The molecule has 1 aliphatic rings. The lowest BCUT2D eigenvalue weighted by atomic mass is 9.92. The summed E-state index contributed by atoms with van der Waals surface area (Å²) in [7, 11) is 0. The third-order valence-corrected chi connectivity index (χ3v) is 4.54. The van der Waals surface area contributed by atoms with Gasteiger partial charge in [0, 0.05) is 24.3 Å². The molecule has 1 heterocycles. The highest BCUT2D eigenvalue weighted by atomic mass is 16.3. The Hall–Kier alpha value is -1.06. The monoisotopic (exact) mass is 290 g/mol. The van der Waals surface area contributed by atoms with E-state index < -0.39 is 0 Å². The third kappa shape index (κ3) is 4.21. The van der Waals surface area contributed by atoms with Gasteiger partial charge in [-0.15, -0.1) is 0 Å². The molecule has 1 aromatic carbocycles. The summed E-state index contributed by atoms with van der Waals surface area (Å²) >= 11 is 0. The highest BCUT2D eigenvalue weighted by molar-refractivity contribution is 5.55. The Labute approximate surface area is 129 Å². The summed E-state index contributed by atoms with van der Waals surface area (Å²) in [6.45, 7) is 9.87. The molecular weight excluding hydrogens is 260 g/mol. The van der Waals surface area contributed by atoms with Gasteiger partial charge >= 0.3 is 0 Å². The summed E-state index contributed by atoms with van der Waals surface area (Å²) in [5.74, 6) is 0.720. The van der Waals surface area contributed by atoms with Gasteiger partial charge in [0.1, 0.15) is 0 Å². The van der Waals surface area contributed by atoms with E-state index in [2.05, 4.69) is 55.3 Å². The molecule has 1 aliphatic heterocycles. The van der Waals surface area contributed by atoms with Crippen LogP contribution in [0.15, 0.2) is 24.3 Å². The van der Waals surface area contributed by atoms with Gasteiger partial charge in [0.2, 0.25) is 0 Å². The number of hydrogen-bond acceptors (Lipinski definition) is 3. The molecule has 0 saturated heterocycles. The number of nitrogens with one attached hydrogen (secondary N) is 1. The van der Waals surface area contributed by atoms with E-state index in [1.54, 1.807) is 0 Å². The number of fused-ring (bicyclic) bond motifs is 1. The molecule has 1 aromatic rings. The molecule has 3 nitrogen and oxygen atoms in total. The van der Waals surface area contributed by atoms with E-state index in [0.717, 1.165) is 38.4 Å². The summed E-state index contributed by atoms with van der Waals surface area (Å²) in [4.78, 5) is 2.52. The SMILES string of the molecule is CCNC(C)(CO)CCCN1CC(C)Cc2ccccc21. The van der Waals surface area contributed by atoms with Crippen molar-refractivity contribution in [2.24, 2.45) is 5.92 Å². The normalized spacial score (nSPS) is 21.0. The molecular formula is C18H30N2O. The van der Waals surface area contributed by atoms with Crippen LogP contribution in [-0.2, 0) is 6.42 Å². The molecule has 0 aliphatic carbocycles. The van der Waals surface area contributed by atoms with Crippen LogP contribution in [0.1, 0.15) is 39.2 Å². The zero-order valence-electron chi connectivity index (χ0n) is 13.7. The fourth-order valence-corrected chi connectivity index (χ4v) is 3.43. The Balaban J connectivity index is 1.94. The van der Waals surface area contributed by atoms with E-state index in [-0.39, 0.29) is 12.1 Å². The molecule has 2 rings (SSSR count). The quantitative estimate of drug-likeness (QED) is 0.810. The van der Waals surface area contributed by atoms with Gasteiger partial charge in [-0.05, 0) is 50.3 Å². The molecule has 2 unspecified atom stereocenters. The second-order valence-electron chi connectivity index (χ2n) is 6.74. The third-order valence-electron chi connectivity index (χ3n) is 4.54. The minimum Gasteiger partial charge on any atom is -0.394 e. The van der Waals surface area contributed by atoms with Crippen molar-refractivity contribution in [1.82, 2.24) is 5.32 Å². The van der Waals surface area contributed by atoms with Crippen LogP contribution in [0.5, 0.6) is 0 Å². The number of nitrogens with zero attached hydrogens (tertiary/aromatic N) is 1. The molecule has 0 radical (unpaired) electrons. The average molecular weight is 290 g/mol. The summed E-state index contributed by atoms with van der Waals surface area (Å²) < 4.78 is 0. The van der Waals surface area contributed by atoms with Crippen LogP contribution in [0.4, 0.5) is 5.69 Å². The molecule has 3 heteroatoms. The van der Waals surface area contributed by atoms with Crippen LogP contribution in [-0.4, -0.2) is 36.9 Å². The lowest BCUT2D eigenvalue weighted by Crippen LogP contribution is -2.46. The predicted molar refractivity (Wildman–Crippen MR) is 89.9 cm³/mol. The number of aliphatic hydroxyl groups excluding tert-OH is 1. The van der Waals surface area contributed by atoms with Crippen LogP contribution in [0, 0.1) is 5.92 Å². The second kappa shape index (κ2) is 7.28. The van der Waals surface area contributed by atoms with Crippen LogP contribution in [0.3, 0.4) is 0 Å². The Kier molecular flexibility index (Phi) is 5.65. The molecule has 21 heavy (non-hydrogen) atoms. The van der Waals surface area contributed by atoms with Crippen molar-refractivity contribution < 1.29 is 5.11 Å². The first kappa shape index (κ1) is 16.3. The molecule has 0 fully saturated rings. The smallest absolute Gasteiger partial charge is 0.0610 e. The van der Waals surface area contributed by atoms with Crippen molar-refractivity contribution in [2.45, 2.75) is 45.6 Å². The van der Waals surface area contributed by atoms with Crippen LogP contribution in [0.2, 0.25) is 0 Å². The van der Waals surface area contributed by atoms with Gasteiger partial charge in [-0.25, -0.2) is 0 Å².